The third-order valence-corrected chi connectivity index (χ3v) is 6.12. The van der Waals surface area contributed by atoms with Crippen LogP contribution in [0.5, 0.6) is 0 Å². The van der Waals surface area contributed by atoms with Crippen molar-refractivity contribution in [3.8, 4) is 0 Å². The first-order chi connectivity index (χ1) is 13.2. The zero-order valence-electron chi connectivity index (χ0n) is 17.7. The maximum absolute atomic E-state index is 12.2. The monoisotopic (exact) mass is 422 g/mol. The Morgan fingerprint density at radius 3 is 1.36 bits per heavy atom. The van der Waals surface area contributed by atoms with E-state index in [4.69, 9.17) is 9.47 Å². The lowest BCUT2D eigenvalue weighted by Crippen LogP contribution is -2.52. The number of unbranched alkanes of at least 4 members (excludes halogenated alkanes) is 10. The molecule has 0 saturated heterocycles. The fourth-order valence-corrected chi connectivity index (χ4v) is 3.20. The van der Waals surface area contributed by atoms with Gasteiger partial charge in [-0.25, -0.2) is 9.59 Å². The van der Waals surface area contributed by atoms with Gasteiger partial charge < -0.3 is 9.47 Å². The molecule has 0 aliphatic heterocycles. The summed E-state index contributed by atoms with van der Waals surface area (Å²) in [4.78, 5) is 24.5. The highest BCUT2D eigenvalue weighted by molar-refractivity contribution is 7.89. The summed E-state index contributed by atoms with van der Waals surface area (Å²) in [7, 11) is -5.02. The normalized spacial score (nSPS) is 12.0. The van der Waals surface area contributed by atoms with Gasteiger partial charge in [0, 0.05) is 0 Å². The van der Waals surface area contributed by atoms with Crippen molar-refractivity contribution < 1.29 is 32.0 Å². The first kappa shape index (κ1) is 26.9. The van der Waals surface area contributed by atoms with Gasteiger partial charge in [0.25, 0.3) is 14.9 Å². The molecule has 0 bridgehead atoms. The Morgan fingerprint density at radius 1 is 0.714 bits per heavy atom. The summed E-state index contributed by atoms with van der Waals surface area (Å²) in [5, 5.41) is 0. The van der Waals surface area contributed by atoms with E-state index in [9.17, 15) is 22.6 Å². The van der Waals surface area contributed by atoms with Crippen LogP contribution in [0.1, 0.15) is 97.8 Å². The Balaban J connectivity index is 4.47. The molecule has 8 heteroatoms. The van der Waals surface area contributed by atoms with Gasteiger partial charge in [-0.3, -0.25) is 4.55 Å². The molecule has 0 rings (SSSR count). The van der Waals surface area contributed by atoms with Gasteiger partial charge in [-0.05, 0) is 19.8 Å². The summed E-state index contributed by atoms with van der Waals surface area (Å²) in [6.07, 6.45) is 11.6. The van der Waals surface area contributed by atoms with E-state index in [1.807, 2.05) is 0 Å². The van der Waals surface area contributed by atoms with Crippen molar-refractivity contribution in [2.45, 2.75) is 103 Å². The predicted molar refractivity (Wildman–Crippen MR) is 109 cm³/mol. The molecule has 0 amide bonds. The Hall–Kier alpha value is -1.15. The van der Waals surface area contributed by atoms with E-state index in [-0.39, 0.29) is 13.2 Å². The van der Waals surface area contributed by atoms with Crippen molar-refractivity contribution in [3.05, 3.63) is 0 Å². The van der Waals surface area contributed by atoms with Crippen LogP contribution in [0.3, 0.4) is 0 Å². The van der Waals surface area contributed by atoms with Crippen LogP contribution in [0.15, 0.2) is 0 Å². The van der Waals surface area contributed by atoms with Crippen molar-refractivity contribution >= 4 is 22.1 Å². The van der Waals surface area contributed by atoms with E-state index >= 15 is 0 Å². The number of rotatable bonds is 17. The van der Waals surface area contributed by atoms with E-state index < -0.39 is 26.8 Å². The van der Waals surface area contributed by atoms with Gasteiger partial charge in [0.2, 0.25) is 0 Å². The topological polar surface area (TPSA) is 107 Å². The fraction of sp³-hybridized carbons (Fsp3) is 0.900. The van der Waals surface area contributed by atoms with Gasteiger partial charge in [0.1, 0.15) is 0 Å². The van der Waals surface area contributed by atoms with Crippen LogP contribution in [0.2, 0.25) is 0 Å². The highest BCUT2D eigenvalue weighted by Crippen LogP contribution is 2.21. The average molecular weight is 423 g/mol. The molecule has 0 radical (unpaired) electrons. The molecule has 1 N–H and O–H groups in total. The molecule has 0 aromatic rings. The first-order valence-electron chi connectivity index (χ1n) is 10.5. The third-order valence-electron chi connectivity index (χ3n) is 4.76. The zero-order valence-corrected chi connectivity index (χ0v) is 18.5. The second kappa shape index (κ2) is 14.8. The molecule has 0 aliphatic carbocycles. The minimum atomic E-state index is -5.02. The number of ether oxygens (including phenoxy) is 2. The van der Waals surface area contributed by atoms with Gasteiger partial charge in [-0.1, -0.05) is 78.1 Å². The molecular weight excluding hydrogens is 384 g/mol. The van der Waals surface area contributed by atoms with Crippen LogP contribution >= 0.6 is 0 Å². The Kier molecular flexibility index (Phi) is 14.2. The quantitative estimate of drug-likeness (QED) is 0.160. The van der Waals surface area contributed by atoms with Crippen molar-refractivity contribution in [2.75, 3.05) is 13.2 Å². The molecule has 0 aromatic carbocycles. The predicted octanol–water partition coefficient (Wildman–Crippen LogP) is 4.44. The smallest absolute Gasteiger partial charge is 0.341 e. The summed E-state index contributed by atoms with van der Waals surface area (Å²) in [6, 6.07) is 0. The van der Waals surface area contributed by atoms with Crippen LogP contribution in [-0.2, 0) is 29.2 Å². The van der Waals surface area contributed by atoms with E-state index in [1.54, 1.807) is 0 Å². The number of carbonyl (C=O) groups is 2. The summed E-state index contributed by atoms with van der Waals surface area (Å²) < 4.78 is 40.0. The largest absolute Gasteiger partial charge is 0.464 e. The van der Waals surface area contributed by atoms with Crippen LogP contribution in [0.4, 0.5) is 0 Å². The van der Waals surface area contributed by atoms with Gasteiger partial charge >= 0.3 is 11.9 Å². The molecule has 0 fully saturated rings. The lowest BCUT2D eigenvalue weighted by Gasteiger charge is -2.22. The molecule has 166 valence electrons. The molecular formula is C20H38O7S. The van der Waals surface area contributed by atoms with Crippen LogP contribution < -0.4 is 0 Å². The minimum Gasteiger partial charge on any atom is -0.464 e. The van der Waals surface area contributed by atoms with Crippen molar-refractivity contribution in [3.63, 3.8) is 0 Å². The van der Waals surface area contributed by atoms with Crippen molar-refractivity contribution in [1.29, 1.82) is 0 Å². The van der Waals surface area contributed by atoms with E-state index in [2.05, 4.69) is 13.8 Å². The van der Waals surface area contributed by atoms with Gasteiger partial charge in [-0.15, -0.1) is 0 Å². The Morgan fingerprint density at radius 2 is 1.04 bits per heavy atom. The third kappa shape index (κ3) is 9.87. The number of hydrogen-bond acceptors (Lipinski definition) is 6. The summed E-state index contributed by atoms with van der Waals surface area (Å²) >= 11 is 0. The second-order valence-electron chi connectivity index (χ2n) is 7.32. The molecule has 0 atom stereocenters. The highest BCUT2D eigenvalue weighted by atomic mass is 32.2. The highest BCUT2D eigenvalue weighted by Gasteiger charge is 2.56. The van der Waals surface area contributed by atoms with E-state index in [0.29, 0.717) is 12.8 Å². The summed E-state index contributed by atoms with van der Waals surface area (Å²) in [5.41, 5.74) is 0. The van der Waals surface area contributed by atoms with Gasteiger partial charge in [-0.2, -0.15) is 8.42 Å². The number of hydrogen-bond donors (Lipinski definition) is 1. The molecule has 28 heavy (non-hydrogen) atoms. The second-order valence-corrected chi connectivity index (χ2v) is 9.08. The Labute approximate surface area is 170 Å². The summed E-state index contributed by atoms with van der Waals surface area (Å²) in [6.45, 7) is 5.06. The van der Waals surface area contributed by atoms with Gasteiger partial charge in [0.15, 0.2) is 0 Å². The lowest BCUT2D eigenvalue weighted by molar-refractivity contribution is -0.159. The molecule has 0 heterocycles. The maximum atomic E-state index is 12.2. The number of esters is 2. The SMILES string of the molecule is CCCCCCCCOC(=O)C(C)(C(=O)OCCCCCCCC)S(=O)(=O)O. The molecule has 0 spiro atoms. The van der Waals surface area contributed by atoms with Crippen LogP contribution in [-0.4, -0.2) is 42.9 Å². The molecule has 0 saturated carbocycles. The minimum absolute atomic E-state index is 0.000771. The standard InChI is InChI=1S/C20H38O7S/c1-4-6-8-10-12-14-16-26-18(21)20(3,28(23,24)25)19(22)27-17-15-13-11-9-7-5-2/h4-17H2,1-3H3,(H,23,24,25). The summed E-state index contributed by atoms with van der Waals surface area (Å²) in [5.74, 6) is -2.59. The van der Waals surface area contributed by atoms with E-state index in [0.717, 1.165) is 71.1 Å². The Bertz CT molecular complexity index is 513. The first-order valence-corrected chi connectivity index (χ1v) is 12.0. The lowest BCUT2D eigenvalue weighted by atomic mass is 10.1. The molecule has 0 aliphatic rings. The van der Waals surface area contributed by atoms with Gasteiger partial charge in [0.05, 0.1) is 13.2 Å². The van der Waals surface area contributed by atoms with Crippen molar-refractivity contribution in [1.82, 2.24) is 0 Å². The maximum Gasteiger partial charge on any atom is 0.341 e. The molecule has 7 nitrogen and oxygen atoms in total. The van der Waals surface area contributed by atoms with Crippen LogP contribution in [0, 0.1) is 0 Å². The molecule has 0 aromatic heterocycles. The van der Waals surface area contributed by atoms with Crippen molar-refractivity contribution in [2.24, 2.45) is 0 Å². The fourth-order valence-electron chi connectivity index (χ4n) is 2.66. The van der Waals surface area contributed by atoms with E-state index in [1.165, 1.54) is 0 Å². The zero-order chi connectivity index (χ0) is 21.5. The molecule has 0 unspecified atom stereocenters. The van der Waals surface area contributed by atoms with Crippen LogP contribution in [0.25, 0.3) is 0 Å². The number of carbonyl (C=O) groups excluding carboxylic acids is 2. The average Bonchev–Trinajstić information content (AvgIpc) is 2.64.